The molecule has 7 heteroatoms. The van der Waals surface area contributed by atoms with Gasteiger partial charge >= 0.3 is 6.18 Å². The maximum Gasteiger partial charge on any atom is 0.417 e. The standard InChI is InChI=1S/C13H15F3N4/c14-13(15,16)9-5-6-11-18-19-12(20(11)8-9)10-4-2-1-3-7-17-10/h5-6,8,10,17H,1-4,7H2. The number of alkyl halides is 3. The topological polar surface area (TPSA) is 42.2 Å². The lowest BCUT2D eigenvalue weighted by molar-refractivity contribution is -0.137. The molecule has 3 heterocycles. The first-order valence-electron chi connectivity index (χ1n) is 6.71. The van der Waals surface area contributed by atoms with Crippen LogP contribution in [0.25, 0.3) is 5.65 Å². The zero-order chi connectivity index (χ0) is 14.2. The van der Waals surface area contributed by atoms with E-state index in [-0.39, 0.29) is 6.04 Å². The molecular weight excluding hydrogens is 269 g/mol. The SMILES string of the molecule is FC(F)(F)c1ccc2nnc(C3CCCCCN3)n2c1. The van der Waals surface area contributed by atoms with Gasteiger partial charge in [0.15, 0.2) is 11.5 Å². The lowest BCUT2D eigenvalue weighted by Crippen LogP contribution is -2.22. The molecule has 2 aromatic rings. The molecule has 0 amide bonds. The smallest absolute Gasteiger partial charge is 0.307 e. The maximum absolute atomic E-state index is 12.8. The third-order valence-corrected chi connectivity index (χ3v) is 3.63. The Morgan fingerprint density at radius 3 is 2.80 bits per heavy atom. The summed E-state index contributed by atoms with van der Waals surface area (Å²) in [6, 6.07) is 2.36. The Morgan fingerprint density at radius 2 is 2.00 bits per heavy atom. The highest BCUT2D eigenvalue weighted by atomic mass is 19.4. The molecule has 4 nitrogen and oxygen atoms in total. The van der Waals surface area contributed by atoms with Crippen molar-refractivity contribution in [3.05, 3.63) is 29.7 Å². The first-order chi connectivity index (χ1) is 9.55. The summed E-state index contributed by atoms with van der Waals surface area (Å²) in [5, 5.41) is 11.3. The van der Waals surface area contributed by atoms with Crippen molar-refractivity contribution in [1.29, 1.82) is 0 Å². The molecule has 0 aliphatic carbocycles. The van der Waals surface area contributed by atoms with E-state index in [0.29, 0.717) is 11.5 Å². The molecule has 0 aromatic carbocycles. The lowest BCUT2D eigenvalue weighted by Gasteiger charge is -2.14. The fourth-order valence-electron chi connectivity index (χ4n) is 2.56. The van der Waals surface area contributed by atoms with E-state index in [1.807, 2.05) is 0 Å². The van der Waals surface area contributed by atoms with Crippen molar-refractivity contribution in [3.8, 4) is 0 Å². The van der Waals surface area contributed by atoms with Crippen LogP contribution >= 0.6 is 0 Å². The van der Waals surface area contributed by atoms with Crippen molar-refractivity contribution in [1.82, 2.24) is 19.9 Å². The molecule has 0 radical (unpaired) electrons. The minimum atomic E-state index is -4.35. The van der Waals surface area contributed by atoms with E-state index in [1.54, 1.807) is 0 Å². The monoisotopic (exact) mass is 284 g/mol. The molecule has 1 fully saturated rings. The van der Waals surface area contributed by atoms with E-state index in [4.69, 9.17) is 0 Å². The Morgan fingerprint density at radius 1 is 1.15 bits per heavy atom. The number of hydrogen-bond acceptors (Lipinski definition) is 3. The number of nitrogens with one attached hydrogen (secondary N) is 1. The molecule has 3 rings (SSSR count). The lowest BCUT2D eigenvalue weighted by atomic mass is 10.1. The minimum Gasteiger partial charge on any atom is -0.307 e. The number of nitrogens with zero attached hydrogens (tertiary/aromatic N) is 3. The van der Waals surface area contributed by atoms with Crippen LogP contribution < -0.4 is 5.32 Å². The Labute approximate surface area is 114 Å². The highest BCUT2D eigenvalue weighted by Crippen LogP contribution is 2.30. The second kappa shape index (κ2) is 5.05. The quantitative estimate of drug-likeness (QED) is 0.875. The summed E-state index contributed by atoms with van der Waals surface area (Å²) in [5.41, 5.74) is -0.237. The molecule has 1 N–H and O–H groups in total. The van der Waals surface area contributed by atoms with Gasteiger partial charge in [-0.05, 0) is 31.5 Å². The summed E-state index contributed by atoms with van der Waals surface area (Å²) in [6.07, 6.45) is 0.863. The van der Waals surface area contributed by atoms with Crippen molar-refractivity contribution in [3.63, 3.8) is 0 Å². The molecule has 2 aromatic heterocycles. The van der Waals surface area contributed by atoms with Gasteiger partial charge in [-0.25, -0.2) is 0 Å². The van der Waals surface area contributed by atoms with Crippen LogP contribution in [0, 0.1) is 0 Å². The molecular formula is C13H15F3N4. The number of pyridine rings is 1. The Balaban J connectivity index is 2.02. The van der Waals surface area contributed by atoms with Gasteiger partial charge in [0.25, 0.3) is 0 Å². The maximum atomic E-state index is 12.8. The highest BCUT2D eigenvalue weighted by Gasteiger charge is 2.31. The van der Waals surface area contributed by atoms with Gasteiger partial charge in [-0.2, -0.15) is 13.2 Å². The third-order valence-electron chi connectivity index (χ3n) is 3.63. The summed E-state index contributed by atoms with van der Waals surface area (Å²) in [6.45, 7) is 0.860. The van der Waals surface area contributed by atoms with Crippen molar-refractivity contribution in [2.24, 2.45) is 0 Å². The number of hydrogen-bond donors (Lipinski definition) is 1. The molecule has 1 aliphatic rings. The van der Waals surface area contributed by atoms with E-state index >= 15 is 0 Å². The molecule has 20 heavy (non-hydrogen) atoms. The molecule has 0 bridgehead atoms. The van der Waals surface area contributed by atoms with Crippen LogP contribution in [0.2, 0.25) is 0 Å². The van der Waals surface area contributed by atoms with Gasteiger partial charge in [0.05, 0.1) is 11.6 Å². The molecule has 1 saturated heterocycles. The van der Waals surface area contributed by atoms with Crippen molar-refractivity contribution >= 4 is 5.65 Å². The van der Waals surface area contributed by atoms with Gasteiger partial charge in [-0.3, -0.25) is 4.40 Å². The Kier molecular flexibility index (Phi) is 3.37. The molecule has 1 unspecified atom stereocenters. The summed E-state index contributed by atoms with van der Waals surface area (Å²) in [5.74, 6) is 0.563. The normalized spacial score (nSPS) is 21.1. The summed E-state index contributed by atoms with van der Waals surface area (Å²) in [7, 11) is 0. The van der Waals surface area contributed by atoms with Crippen LogP contribution in [-0.4, -0.2) is 21.1 Å². The second-order valence-corrected chi connectivity index (χ2v) is 5.06. The van der Waals surface area contributed by atoms with Gasteiger partial charge in [-0.15, -0.1) is 10.2 Å². The average molecular weight is 284 g/mol. The van der Waals surface area contributed by atoms with E-state index in [0.717, 1.165) is 44.5 Å². The van der Waals surface area contributed by atoms with Gasteiger partial charge in [0.2, 0.25) is 0 Å². The van der Waals surface area contributed by atoms with Crippen LogP contribution in [0.1, 0.15) is 43.1 Å². The first kappa shape index (κ1) is 13.4. The molecule has 108 valence electrons. The number of halogens is 3. The average Bonchev–Trinajstić information content (AvgIpc) is 2.64. The van der Waals surface area contributed by atoms with Crippen molar-refractivity contribution in [2.45, 2.75) is 37.9 Å². The van der Waals surface area contributed by atoms with Crippen LogP contribution in [0.15, 0.2) is 18.3 Å². The minimum absolute atomic E-state index is 0.0315. The van der Waals surface area contributed by atoms with E-state index in [9.17, 15) is 13.2 Å². The molecule has 1 aliphatic heterocycles. The summed E-state index contributed by atoms with van der Waals surface area (Å²) in [4.78, 5) is 0. The molecule has 0 spiro atoms. The van der Waals surface area contributed by atoms with E-state index in [1.165, 1.54) is 10.5 Å². The predicted octanol–water partition coefficient (Wildman–Crippen LogP) is 2.95. The largest absolute Gasteiger partial charge is 0.417 e. The van der Waals surface area contributed by atoms with Gasteiger partial charge in [0.1, 0.15) is 0 Å². The van der Waals surface area contributed by atoms with E-state index in [2.05, 4.69) is 15.5 Å². The number of fused-ring (bicyclic) bond motifs is 1. The Bertz CT molecular complexity index is 597. The zero-order valence-corrected chi connectivity index (χ0v) is 10.8. The van der Waals surface area contributed by atoms with E-state index < -0.39 is 11.7 Å². The molecule has 0 saturated carbocycles. The first-order valence-corrected chi connectivity index (χ1v) is 6.71. The zero-order valence-electron chi connectivity index (χ0n) is 10.8. The van der Waals surface area contributed by atoms with Crippen molar-refractivity contribution < 1.29 is 13.2 Å². The number of rotatable bonds is 1. The second-order valence-electron chi connectivity index (χ2n) is 5.06. The van der Waals surface area contributed by atoms with Gasteiger partial charge < -0.3 is 5.32 Å². The van der Waals surface area contributed by atoms with Crippen LogP contribution in [0.5, 0.6) is 0 Å². The summed E-state index contributed by atoms with van der Waals surface area (Å²) < 4.78 is 39.8. The fourth-order valence-corrected chi connectivity index (χ4v) is 2.56. The van der Waals surface area contributed by atoms with Crippen molar-refractivity contribution in [2.75, 3.05) is 6.54 Å². The Hall–Kier alpha value is -1.63. The van der Waals surface area contributed by atoms with Crippen LogP contribution in [0.3, 0.4) is 0 Å². The van der Waals surface area contributed by atoms with Crippen LogP contribution in [0.4, 0.5) is 13.2 Å². The third kappa shape index (κ3) is 2.49. The summed E-state index contributed by atoms with van der Waals surface area (Å²) >= 11 is 0. The van der Waals surface area contributed by atoms with Crippen LogP contribution in [-0.2, 0) is 6.18 Å². The van der Waals surface area contributed by atoms with Gasteiger partial charge in [-0.1, -0.05) is 12.8 Å². The molecule has 1 atom stereocenters. The highest BCUT2D eigenvalue weighted by molar-refractivity contribution is 5.40. The van der Waals surface area contributed by atoms with Gasteiger partial charge in [0, 0.05) is 6.20 Å². The number of aromatic nitrogens is 3. The fraction of sp³-hybridized carbons (Fsp3) is 0.538. The predicted molar refractivity (Wildman–Crippen MR) is 67.2 cm³/mol.